The van der Waals surface area contributed by atoms with Crippen LogP contribution in [-0.2, 0) is 14.8 Å². The number of ether oxygens (including phenoxy) is 1. The summed E-state index contributed by atoms with van der Waals surface area (Å²) in [5, 5.41) is 4.31. The zero-order chi connectivity index (χ0) is 18.0. The van der Waals surface area contributed by atoms with Gasteiger partial charge in [-0.15, -0.1) is 0 Å². The van der Waals surface area contributed by atoms with Crippen LogP contribution in [0.4, 0.5) is 11.4 Å². The van der Waals surface area contributed by atoms with E-state index in [1.54, 1.807) is 43.3 Å². The van der Waals surface area contributed by atoms with Crippen molar-refractivity contribution in [2.24, 2.45) is 0 Å². The Labute approximate surface area is 150 Å². The summed E-state index contributed by atoms with van der Waals surface area (Å²) in [5.41, 5.74) is 1.44. The molecule has 3 rings (SSSR count). The van der Waals surface area contributed by atoms with Crippen molar-refractivity contribution in [1.29, 1.82) is 0 Å². The molecule has 6 nitrogen and oxygen atoms in total. The van der Waals surface area contributed by atoms with Crippen molar-refractivity contribution in [2.45, 2.75) is 13.0 Å². The number of hydrogen-bond donors (Lipinski definition) is 2. The van der Waals surface area contributed by atoms with Gasteiger partial charge in [0.1, 0.15) is 5.75 Å². The van der Waals surface area contributed by atoms with Crippen LogP contribution in [-0.4, -0.2) is 20.4 Å². The summed E-state index contributed by atoms with van der Waals surface area (Å²) in [6, 6.07) is 11.4. The fraction of sp³-hybridized carbons (Fsp3) is 0.118. The molecule has 2 aromatic rings. The van der Waals surface area contributed by atoms with Gasteiger partial charge in [-0.1, -0.05) is 23.7 Å². The first kappa shape index (κ1) is 17.3. The minimum atomic E-state index is -3.71. The Morgan fingerprint density at radius 3 is 2.64 bits per heavy atom. The number of rotatable bonds is 4. The Morgan fingerprint density at radius 2 is 1.92 bits per heavy atom. The van der Waals surface area contributed by atoms with Crippen molar-refractivity contribution < 1.29 is 17.9 Å². The van der Waals surface area contributed by atoms with Crippen LogP contribution >= 0.6 is 11.6 Å². The van der Waals surface area contributed by atoms with Crippen LogP contribution in [0.25, 0.3) is 6.08 Å². The average molecular weight is 379 g/mol. The number of nitrogens with one attached hydrogen (secondary N) is 2. The number of halogens is 1. The highest BCUT2D eigenvalue weighted by Crippen LogP contribution is 2.32. The third-order valence-electron chi connectivity index (χ3n) is 3.48. The molecule has 0 fully saturated rings. The fourth-order valence-corrected chi connectivity index (χ4v) is 3.20. The number of hydrogen-bond acceptors (Lipinski definition) is 4. The molecule has 0 spiro atoms. The van der Waals surface area contributed by atoms with Crippen molar-refractivity contribution in [3.8, 4) is 5.75 Å². The van der Waals surface area contributed by atoms with Gasteiger partial charge in [0, 0.05) is 5.02 Å². The van der Waals surface area contributed by atoms with E-state index in [0.29, 0.717) is 27.7 Å². The van der Waals surface area contributed by atoms with E-state index in [1.165, 1.54) is 12.1 Å². The van der Waals surface area contributed by atoms with Gasteiger partial charge in [-0.25, -0.2) is 8.42 Å². The summed E-state index contributed by atoms with van der Waals surface area (Å²) in [6.07, 6.45) is 0.876. The highest BCUT2D eigenvalue weighted by Gasteiger charge is 2.23. The zero-order valence-electron chi connectivity index (χ0n) is 13.2. The van der Waals surface area contributed by atoms with Gasteiger partial charge in [0.25, 0.3) is 15.9 Å². The smallest absolute Gasteiger partial charge is 0.265 e. The molecule has 1 atom stereocenters. The van der Waals surface area contributed by atoms with Crippen LogP contribution in [0, 0.1) is 0 Å². The molecule has 0 aliphatic carbocycles. The van der Waals surface area contributed by atoms with E-state index in [0.717, 1.165) is 5.41 Å². The molecular weight excluding hydrogens is 364 g/mol. The predicted molar refractivity (Wildman–Crippen MR) is 98.2 cm³/mol. The standard InChI is InChI=1S/C17H15ClN2O4S/c1-11-17(21)19-15-10-14(6-7-16(15)24-11)20-25(22,23)9-8-12-2-4-13(18)5-3-12/h2-11,20H,1H3,(H,19,21)/b9-8+/t11-/m1/s1. The quantitative estimate of drug-likeness (QED) is 0.853. The van der Waals surface area contributed by atoms with Gasteiger partial charge in [-0.3, -0.25) is 9.52 Å². The van der Waals surface area contributed by atoms with E-state index in [2.05, 4.69) is 10.0 Å². The van der Waals surface area contributed by atoms with Gasteiger partial charge in [0.15, 0.2) is 6.10 Å². The minimum absolute atomic E-state index is 0.282. The maximum absolute atomic E-state index is 12.2. The molecule has 0 aromatic heterocycles. The number of sulfonamides is 1. The maximum atomic E-state index is 12.2. The van der Waals surface area contributed by atoms with Crippen molar-refractivity contribution in [2.75, 3.05) is 10.0 Å². The topological polar surface area (TPSA) is 84.5 Å². The summed E-state index contributed by atoms with van der Waals surface area (Å²) in [5.74, 6) is 0.210. The molecule has 1 aliphatic rings. The SMILES string of the molecule is C[C@H]1Oc2ccc(NS(=O)(=O)/C=C/c3ccc(Cl)cc3)cc2NC1=O. The average Bonchev–Trinajstić information content (AvgIpc) is 2.55. The Morgan fingerprint density at radius 1 is 1.20 bits per heavy atom. The number of anilines is 2. The minimum Gasteiger partial charge on any atom is -0.479 e. The molecule has 130 valence electrons. The Hall–Kier alpha value is -2.51. The lowest BCUT2D eigenvalue weighted by molar-refractivity contribution is -0.122. The number of amides is 1. The largest absolute Gasteiger partial charge is 0.479 e. The van der Waals surface area contributed by atoms with Crippen LogP contribution in [0.3, 0.4) is 0 Å². The molecule has 0 radical (unpaired) electrons. The van der Waals surface area contributed by atoms with Gasteiger partial charge in [0.2, 0.25) is 0 Å². The van der Waals surface area contributed by atoms with Gasteiger partial charge < -0.3 is 10.1 Å². The highest BCUT2D eigenvalue weighted by molar-refractivity contribution is 7.95. The van der Waals surface area contributed by atoms with E-state index in [9.17, 15) is 13.2 Å². The summed E-state index contributed by atoms with van der Waals surface area (Å²) >= 11 is 5.79. The second-order valence-electron chi connectivity index (χ2n) is 5.46. The zero-order valence-corrected chi connectivity index (χ0v) is 14.8. The highest BCUT2D eigenvalue weighted by atomic mass is 35.5. The van der Waals surface area contributed by atoms with E-state index in [1.807, 2.05) is 0 Å². The van der Waals surface area contributed by atoms with Crippen molar-refractivity contribution >= 4 is 45.0 Å². The summed E-state index contributed by atoms with van der Waals surface area (Å²) in [6.45, 7) is 1.64. The Bertz CT molecular complexity index is 940. The molecular formula is C17H15ClN2O4S. The summed E-state index contributed by atoms with van der Waals surface area (Å²) in [7, 11) is -3.71. The number of fused-ring (bicyclic) bond motifs is 1. The second kappa shape index (κ2) is 6.78. The first-order valence-electron chi connectivity index (χ1n) is 7.40. The van der Waals surface area contributed by atoms with Crippen LogP contribution < -0.4 is 14.8 Å². The van der Waals surface area contributed by atoms with E-state index in [-0.39, 0.29) is 5.91 Å². The monoisotopic (exact) mass is 378 g/mol. The molecule has 0 saturated heterocycles. The van der Waals surface area contributed by atoms with Crippen LogP contribution in [0.5, 0.6) is 5.75 Å². The van der Waals surface area contributed by atoms with Gasteiger partial charge in [-0.2, -0.15) is 0 Å². The van der Waals surface area contributed by atoms with Crippen molar-refractivity contribution in [1.82, 2.24) is 0 Å². The van der Waals surface area contributed by atoms with Crippen LogP contribution in [0.15, 0.2) is 47.9 Å². The number of carbonyl (C=O) groups excluding carboxylic acids is 1. The van der Waals surface area contributed by atoms with Gasteiger partial charge in [0.05, 0.1) is 16.8 Å². The summed E-state index contributed by atoms with van der Waals surface area (Å²) < 4.78 is 32.2. The normalized spacial score (nSPS) is 16.9. The Balaban J connectivity index is 1.76. The van der Waals surface area contributed by atoms with E-state index < -0.39 is 16.1 Å². The molecule has 2 N–H and O–H groups in total. The molecule has 8 heteroatoms. The van der Waals surface area contributed by atoms with Crippen molar-refractivity contribution in [3.63, 3.8) is 0 Å². The third kappa shape index (κ3) is 4.32. The van der Waals surface area contributed by atoms with Crippen LogP contribution in [0.2, 0.25) is 5.02 Å². The molecule has 1 amide bonds. The number of benzene rings is 2. The van der Waals surface area contributed by atoms with Gasteiger partial charge in [-0.05, 0) is 48.9 Å². The van der Waals surface area contributed by atoms with Crippen LogP contribution in [0.1, 0.15) is 12.5 Å². The molecule has 25 heavy (non-hydrogen) atoms. The lowest BCUT2D eigenvalue weighted by Crippen LogP contribution is -2.34. The van der Waals surface area contributed by atoms with Gasteiger partial charge >= 0.3 is 0 Å². The fourth-order valence-electron chi connectivity index (χ4n) is 2.21. The third-order valence-corrected chi connectivity index (χ3v) is 4.75. The predicted octanol–water partition coefficient (Wildman–Crippen LogP) is 3.47. The van der Waals surface area contributed by atoms with Crippen molar-refractivity contribution in [3.05, 3.63) is 58.5 Å². The summed E-state index contributed by atoms with van der Waals surface area (Å²) in [4.78, 5) is 11.6. The molecule has 2 aromatic carbocycles. The molecule has 0 unspecified atom stereocenters. The molecule has 0 saturated carbocycles. The lowest BCUT2D eigenvalue weighted by atomic mass is 10.2. The number of carbonyl (C=O) groups is 1. The second-order valence-corrected chi connectivity index (χ2v) is 7.46. The lowest BCUT2D eigenvalue weighted by Gasteiger charge is -2.23. The first-order chi connectivity index (χ1) is 11.8. The van der Waals surface area contributed by atoms with E-state index >= 15 is 0 Å². The maximum Gasteiger partial charge on any atom is 0.265 e. The molecule has 1 heterocycles. The van der Waals surface area contributed by atoms with E-state index in [4.69, 9.17) is 16.3 Å². The molecule has 1 aliphatic heterocycles. The Kier molecular flexibility index (Phi) is 4.69. The first-order valence-corrected chi connectivity index (χ1v) is 9.33. The molecule has 0 bridgehead atoms.